The lowest BCUT2D eigenvalue weighted by molar-refractivity contribution is 0.155. The SMILES string of the molecule is CSN1c2c(c(=O)[nH]c(=O)n2C)N(CCc2ccccc2)C1N1CCCC(N)C1. The van der Waals surface area contributed by atoms with Gasteiger partial charge >= 0.3 is 5.69 Å². The first-order valence-corrected chi connectivity index (χ1v) is 11.2. The second-order valence-corrected chi connectivity index (χ2v) is 8.43. The third-order valence-corrected chi connectivity index (χ3v) is 6.51. The molecule has 0 amide bonds. The summed E-state index contributed by atoms with van der Waals surface area (Å²) in [6.45, 7) is 2.35. The number of nitrogens with one attached hydrogen (secondary N) is 1. The van der Waals surface area contributed by atoms with Gasteiger partial charge in [-0.1, -0.05) is 30.3 Å². The lowest BCUT2D eigenvalue weighted by atomic mass is 10.1. The Morgan fingerprint density at radius 2 is 2.00 bits per heavy atom. The van der Waals surface area contributed by atoms with Crippen molar-refractivity contribution >= 4 is 23.5 Å². The van der Waals surface area contributed by atoms with E-state index in [1.54, 1.807) is 7.05 Å². The van der Waals surface area contributed by atoms with E-state index in [2.05, 4.69) is 31.2 Å². The van der Waals surface area contributed by atoms with Gasteiger partial charge in [0.05, 0.1) is 0 Å². The molecule has 8 nitrogen and oxygen atoms in total. The fraction of sp³-hybridized carbons (Fsp3) is 0.500. The van der Waals surface area contributed by atoms with Crippen LogP contribution in [0.2, 0.25) is 0 Å². The van der Waals surface area contributed by atoms with Crippen LogP contribution in [-0.4, -0.2) is 52.7 Å². The molecule has 2 aliphatic rings. The van der Waals surface area contributed by atoms with Crippen molar-refractivity contribution in [3.05, 3.63) is 56.7 Å². The van der Waals surface area contributed by atoms with Gasteiger partial charge in [0.1, 0.15) is 5.69 Å². The maximum atomic E-state index is 12.9. The molecule has 0 saturated carbocycles. The number of hydrogen-bond acceptors (Lipinski definition) is 7. The Hall–Kier alpha value is -2.23. The predicted molar refractivity (Wildman–Crippen MR) is 118 cm³/mol. The molecule has 2 aliphatic heterocycles. The molecule has 1 aromatic carbocycles. The molecular formula is C20H28N6O2S. The molecule has 0 radical (unpaired) electrons. The molecule has 1 fully saturated rings. The number of piperidine rings is 1. The number of anilines is 2. The van der Waals surface area contributed by atoms with Crippen molar-refractivity contribution in [2.45, 2.75) is 31.6 Å². The van der Waals surface area contributed by atoms with E-state index in [0.717, 1.165) is 32.4 Å². The zero-order valence-electron chi connectivity index (χ0n) is 16.9. The van der Waals surface area contributed by atoms with Gasteiger partial charge in [-0.3, -0.25) is 23.6 Å². The number of aromatic nitrogens is 2. The maximum absolute atomic E-state index is 12.9. The molecule has 0 bridgehead atoms. The Morgan fingerprint density at radius 1 is 1.24 bits per heavy atom. The highest BCUT2D eigenvalue weighted by molar-refractivity contribution is 8.00. The Kier molecular flexibility index (Phi) is 5.71. The normalized spacial score (nSPS) is 22.2. The summed E-state index contributed by atoms with van der Waals surface area (Å²) in [5.41, 5.74) is 7.31. The van der Waals surface area contributed by atoms with E-state index in [0.29, 0.717) is 18.1 Å². The average Bonchev–Trinajstić information content (AvgIpc) is 3.06. The summed E-state index contributed by atoms with van der Waals surface area (Å²) in [6, 6.07) is 10.4. The number of H-pyrrole nitrogens is 1. The van der Waals surface area contributed by atoms with Gasteiger partial charge in [0.2, 0.25) is 0 Å². The minimum Gasteiger partial charge on any atom is -0.330 e. The van der Waals surface area contributed by atoms with Crippen molar-refractivity contribution < 1.29 is 0 Å². The zero-order chi connectivity index (χ0) is 20.5. The van der Waals surface area contributed by atoms with Gasteiger partial charge in [-0.25, -0.2) is 4.79 Å². The molecule has 9 heteroatoms. The van der Waals surface area contributed by atoms with Crippen molar-refractivity contribution in [3.8, 4) is 0 Å². The zero-order valence-corrected chi connectivity index (χ0v) is 17.7. The van der Waals surface area contributed by atoms with Crippen LogP contribution in [0.15, 0.2) is 39.9 Å². The van der Waals surface area contributed by atoms with Crippen LogP contribution in [0.5, 0.6) is 0 Å². The molecule has 2 aromatic rings. The first-order chi connectivity index (χ1) is 14.0. The van der Waals surface area contributed by atoms with Crippen LogP contribution in [0.4, 0.5) is 11.5 Å². The van der Waals surface area contributed by atoms with Crippen LogP contribution in [0.1, 0.15) is 18.4 Å². The van der Waals surface area contributed by atoms with Gasteiger partial charge in [-0.2, -0.15) is 0 Å². The molecule has 1 aromatic heterocycles. The van der Waals surface area contributed by atoms with E-state index in [4.69, 9.17) is 5.73 Å². The summed E-state index contributed by atoms with van der Waals surface area (Å²) in [4.78, 5) is 32.1. The summed E-state index contributed by atoms with van der Waals surface area (Å²) in [5, 5.41) is 0. The standard InChI is InChI=1S/C20H28N6O2S/c1-23-18-16(17(27)22-19(23)28)25(12-10-14-7-4-3-5-8-14)20(26(18)29-2)24-11-6-9-15(21)13-24/h3-5,7-8,15,20H,6,9-13,21H2,1-2H3,(H,22,27,28). The Balaban J connectivity index is 1.76. The predicted octanol–water partition coefficient (Wildman–Crippen LogP) is 0.927. The number of nitrogens with zero attached hydrogens (tertiary/aromatic N) is 4. The van der Waals surface area contributed by atoms with E-state index >= 15 is 0 Å². The summed E-state index contributed by atoms with van der Waals surface area (Å²) < 4.78 is 3.61. The first kappa shape index (κ1) is 20.1. The number of nitrogens with two attached hydrogens (primary N) is 1. The van der Waals surface area contributed by atoms with E-state index in [1.807, 2.05) is 24.5 Å². The van der Waals surface area contributed by atoms with Crippen molar-refractivity contribution in [1.29, 1.82) is 0 Å². The highest BCUT2D eigenvalue weighted by Gasteiger charge is 2.44. The molecule has 1 saturated heterocycles. The summed E-state index contributed by atoms with van der Waals surface area (Å²) in [7, 11) is 1.71. The molecule has 3 N–H and O–H groups in total. The topological polar surface area (TPSA) is 90.6 Å². The second kappa shape index (κ2) is 8.25. The number of benzene rings is 1. The van der Waals surface area contributed by atoms with Crippen LogP contribution >= 0.6 is 11.9 Å². The molecular weight excluding hydrogens is 388 g/mol. The van der Waals surface area contributed by atoms with E-state index in [9.17, 15) is 9.59 Å². The number of likely N-dealkylation sites (tertiary alicyclic amines) is 1. The van der Waals surface area contributed by atoms with Gasteiger partial charge in [-0.15, -0.1) is 0 Å². The van der Waals surface area contributed by atoms with Crippen molar-refractivity contribution in [1.82, 2.24) is 14.5 Å². The molecule has 0 spiro atoms. The lowest BCUT2D eigenvalue weighted by Crippen LogP contribution is -2.58. The summed E-state index contributed by atoms with van der Waals surface area (Å²) >= 11 is 1.53. The number of hydrogen-bond donors (Lipinski definition) is 2. The molecule has 29 heavy (non-hydrogen) atoms. The second-order valence-electron chi connectivity index (χ2n) is 7.67. The monoisotopic (exact) mass is 416 g/mol. The molecule has 156 valence electrons. The molecule has 0 aliphatic carbocycles. The van der Waals surface area contributed by atoms with Crippen molar-refractivity contribution in [2.75, 3.05) is 35.1 Å². The number of rotatable bonds is 5. The quantitative estimate of drug-likeness (QED) is 0.701. The van der Waals surface area contributed by atoms with Crippen LogP contribution in [0, 0.1) is 0 Å². The molecule has 2 atom stereocenters. The Morgan fingerprint density at radius 3 is 2.69 bits per heavy atom. The van der Waals surface area contributed by atoms with Gasteiger partial charge in [0.15, 0.2) is 12.1 Å². The minimum atomic E-state index is -0.396. The highest BCUT2D eigenvalue weighted by atomic mass is 32.2. The molecule has 4 rings (SSSR count). The van der Waals surface area contributed by atoms with E-state index in [1.165, 1.54) is 22.1 Å². The van der Waals surface area contributed by atoms with Crippen molar-refractivity contribution in [2.24, 2.45) is 12.8 Å². The van der Waals surface area contributed by atoms with E-state index in [-0.39, 0.29) is 17.9 Å². The van der Waals surface area contributed by atoms with Gasteiger partial charge in [-0.05, 0) is 36.8 Å². The van der Waals surface area contributed by atoms with Gasteiger partial charge in [0, 0.05) is 39.0 Å². The largest absolute Gasteiger partial charge is 0.330 e. The van der Waals surface area contributed by atoms with E-state index < -0.39 is 5.69 Å². The average molecular weight is 417 g/mol. The lowest BCUT2D eigenvalue weighted by Gasteiger charge is -2.42. The smallest absolute Gasteiger partial charge is 0.329 e. The third kappa shape index (κ3) is 3.70. The van der Waals surface area contributed by atoms with Crippen LogP contribution < -0.4 is 26.2 Å². The maximum Gasteiger partial charge on any atom is 0.329 e. The third-order valence-electron chi connectivity index (χ3n) is 5.75. The van der Waals surface area contributed by atoms with Crippen LogP contribution in [0.25, 0.3) is 0 Å². The number of fused-ring (bicyclic) bond motifs is 1. The fourth-order valence-corrected chi connectivity index (χ4v) is 5.17. The highest BCUT2D eigenvalue weighted by Crippen LogP contribution is 2.41. The minimum absolute atomic E-state index is 0.120. The molecule has 3 heterocycles. The van der Waals surface area contributed by atoms with Gasteiger partial charge in [0.25, 0.3) is 5.56 Å². The number of aromatic amines is 1. The first-order valence-electron chi connectivity index (χ1n) is 9.98. The van der Waals surface area contributed by atoms with Crippen LogP contribution in [0.3, 0.4) is 0 Å². The Bertz CT molecular complexity index is 975. The van der Waals surface area contributed by atoms with Gasteiger partial charge < -0.3 is 10.6 Å². The van der Waals surface area contributed by atoms with Crippen molar-refractivity contribution in [3.63, 3.8) is 0 Å². The van der Waals surface area contributed by atoms with Crippen LogP contribution in [-0.2, 0) is 13.5 Å². The molecule has 2 unspecified atom stereocenters. The summed E-state index contributed by atoms with van der Waals surface area (Å²) in [6.07, 6.45) is 4.68. The summed E-state index contributed by atoms with van der Waals surface area (Å²) in [5.74, 6) is 0.656. The fourth-order valence-electron chi connectivity index (χ4n) is 4.36. The Labute approximate surface area is 174 Å².